The number of carbonyl (C=O) groups is 1. The zero-order chi connectivity index (χ0) is 19.5. The Morgan fingerprint density at radius 3 is 2.61 bits per heavy atom. The van der Waals surface area contributed by atoms with Crippen molar-refractivity contribution in [3.63, 3.8) is 0 Å². The summed E-state index contributed by atoms with van der Waals surface area (Å²) in [5.41, 5.74) is 5.28. The number of carbonyl (C=O) groups excluding carboxylic acids is 1. The highest BCUT2D eigenvalue weighted by Crippen LogP contribution is 2.29. The molecule has 0 aliphatic heterocycles. The van der Waals surface area contributed by atoms with Crippen LogP contribution in [0.3, 0.4) is 0 Å². The van der Waals surface area contributed by atoms with E-state index >= 15 is 0 Å². The average Bonchev–Trinajstić information content (AvgIpc) is 3.32. The highest BCUT2D eigenvalue weighted by Gasteiger charge is 2.14. The van der Waals surface area contributed by atoms with Gasteiger partial charge in [-0.15, -0.1) is 11.3 Å². The molecule has 0 radical (unpaired) electrons. The first-order valence-electron chi connectivity index (χ1n) is 8.93. The Kier molecular flexibility index (Phi) is 5.04. The molecule has 4 rings (SSSR count). The molecule has 0 fully saturated rings. The van der Waals surface area contributed by atoms with Crippen LogP contribution in [0, 0.1) is 13.8 Å². The highest BCUT2D eigenvalue weighted by atomic mass is 32.1. The van der Waals surface area contributed by atoms with E-state index in [1.54, 1.807) is 11.3 Å². The molecule has 28 heavy (non-hydrogen) atoms. The van der Waals surface area contributed by atoms with Gasteiger partial charge < -0.3 is 9.84 Å². The summed E-state index contributed by atoms with van der Waals surface area (Å²) in [6.07, 6.45) is 0.236. The van der Waals surface area contributed by atoms with E-state index in [0.29, 0.717) is 5.76 Å². The van der Waals surface area contributed by atoms with E-state index < -0.39 is 0 Å². The van der Waals surface area contributed by atoms with Gasteiger partial charge in [0.15, 0.2) is 0 Å². The maximum Gasteiger partial charge on any atom is 0.228 e. The fourth-order valence-corrected chi connectivity index (χ4v) is 3.83. The zero-order valence-corrected chi connectivity index (χ0v) is 16.4. The number of hydrogen-bond donors (Lipinski definition) is 1. The monoisotopic (exact) mass is 389 g/mol. The fraction of sp³-hybridized carbons (Fsp3) is 0.136. The van der Waals surface area contributed by atoms with Crippen molar-refractivity contribution in [2.75, 3.05) is 5.32 Å². The quantitative estimate of drug-likeness (QED) is 0.505. The third kappa shape index (κ3) is 3.87. The molecule has 5 nitrogen and oxygen atoms in total. The van der Waals surface area contributed by atoms with Gasteiger partial charge >= 0.3 is 0 Å². The van der Waals surface area contributed by atoms with Gasteiger partial charge in [0.05, 0.1) is 17.8 Å². The molecule has 0 aliphatic rings. The van der Waals surface area contributed by atoms with Gasteiger partial charge in [0, 0.05) is 27.8 Å². The van der Waals surface area contributed by atoms with E-state index in [9.17, 15) is 4.79 Å². The molecule has 2 heterocycles. The Balaban J connectivity index is 1.50. The van der Waals surface area contributed by atoms with Gasteiger partial charge in [-0.3, -0.25) is 4.79 Å². The van der Waals surface area contributed by atoms with Crippen molar-refractivity contribution in [2.24, 2.45) is 0 Å². The van der Waals surface area contributed by atoms with Crippen molar-refractivity contribution < 1.29 is 9.32 Å². The number of thiazole rings is 1. The molecule has 0 aliphatic carbocycles. The maximum absolute atomic E-state index is 12.4. The lowest BCUT2D eigenvalue weighted by Crippen LogP contribution is -2.15. The Morgan fingerprint density at radius 1 is 1.07 bits per heavy atom. The number of hydrogen-bond acceptors (Lipinski definition) is 5. The average molecular weight is 389 g/mol. The van der Waals surface area contributed by atoms with E-state index in [1.807, 2.05) is 73.8 Å². The lowest BCUT2D eigenvalue weighted by atomic mass is 10.1. The zero-order valence-electron chi connectivity index (χ0n) is 15.6. The van der Waals surface area contributed by atoms with Crippen LogP contribution in [0.4, 0.5) is 5.69 Å². The summed E-state index contributed by atoms with van der Waals surface area (Å²) in [6.45, 7) is 3.65. The summed E-state index contributed by atoms with van der Waals surface area (Å²) in [6, 6.07) is 17.8. The summed E-state index contributed by atoms with van der Waals surface area (Å²) in [5.74, 6) is 0.576. The molecule has 0 unspecified atom stereocenters. The van der Waals surface area contributed by atoms with Gasteiger partial charge in [0.25, 0.3) is 0 Å². The minimum atomic E-state index is -0.102. The van der Waals surface area contributed by atoms with Gasteiger partial charge in [-0.05, 0) is 26.0 Å². The summed E-state index contributed by atoms with van der Waals surface area (Å²) in [4.78, 5) is 17.2. The van der Waals surface area contributed by atoms with Crippen molar-refractivity contribution in [1.82, 2.24) is 10.1 Å². The molecule has 2 aromatic carbocycles. The van der Waals surface area contributed by atoms with Crippen LogP contribution in [0.15, 0.2) is 64.5 Å². The predicted octanol–water partition coefficient (Wildman–Crippen LogP) is 5.26. The van der Waals surface area contributed by atoms with E-state index in [-0.39, 0.29) is 12.3 Å². The van der Waals surface area contributed by atoms with Crippen LogP contribution in [0.25, 0.3) is 21.8 Å². The number of nitrogens with zero attached hydrogens (tertiary/aromatic N) is 2. The van der Waals surface area contributed by atoms with Crippen molar-refractivity contribution in [3.8, 4) is 21.8 Å². The molecule has 0 spiro atoms. The lowest BCUT2D eigenvalue weighted by Gasteiger charge is -2.06. The van der Waals surface area contributed by atoms with Gasteiger partial charge in [-0.1, -0.05) is 47.6 Å². The Labute approximate surface area is 167 Å². The molecule has 4 aromatic rings. The number of amides is 1. The lowest BCUT2D eigenvalue weighted by molar-refractivity contribution is -0.115. The first-order valence-corrected chi connectivity index (χ1v) is 9.81. The van der Waals surface area contributed by atoms with E-state index in [0.717, 1.165) is 38.8 Å². The second-order valence-corrected chi connectivity index (χ2v) is 7.37. The van der Waals surface area contributed by atoms with Gasteiger partial charge in [0.2, 0.25) is 5.91 Å². The van der Waals surface area contributed by atoms with Crippen LogP contribution < -0.4 is 5.32 Å². The summed E-state index contributed by atoms with van der Waals surface area (Å²) >= 11 is 1.61. The number of aromatic nitrogens is 2. The molecule has 0 bridgehead atoms. The van der Waals surface area contributed by atoms with Crippen LogP contribution in [0.1, 0.15) is 17.0 Å². The van der Waals surface area contributed by atoms with Crippen molar-refractivity contribution >= 4 is 22.9 Å². The van der Waals surface area contributed by atoms with Gasteiger partial charge in [-0.2, -0.15) is 0 Å². The minimum absolute atomic E-state index is 0.102. The standard InChI is InChI=1S/C22H19N3O2S/c1-14-19(15(2)27-25-14)12-21(26)23-18-10-6-9-17(11-18)20-13-28-22(24-20)16-7-4-3-5-8-16/h3-11,13H,12H2,1-2H3,(H,23,26). The van der Waals surface area contributed by atoms with E-state index in [4.69, 9.17) is 9.51 Å². The summed E-state index contributed by atoms with van der Waals surface area (Å²) in [5, 5.41) is 9.86. The topological polar surface area (TPSA) is 68.0 Å². The number of nitrogens with one attached hydrogen (secondary N) is 1. The maximum atomic E-state index is 12.4. The van der Waals surface area contributed by atoms with Crippen LogP contribution >= 0.6 is 11.3 Å². The highest BCUT2D eigenvalue weighted by molar-refractivity contribution is 7.13. The predicted molar refractivity (Wildman–Crippen MR) is 111 cm³/mol. The normalized spacial score (nSPS) is 10.8. The molecule has 6 heteroatoms. The molecule has 0 saturated heterocycles. The van der Waals surface area contributed by atoms with Crippen LogP contribution in [-0.4, -0.2) is 16.0 Å². The summed E-state index contributed by atoms with van der Waals surface area (Å²) < 4.78 is 5.13. The molecule has 140 valence electrons. The molecule has 0 saturated carbocycles. The fourth-order valence-electron chi connectivity index (χ4n) is 3.00. The van der Waals surface area contributed by atoms with Gasteiger partial charge in [0.1, 0.15) is 10.8 Å². The third-order valence-electron chi connectivity index (χ3n) is 4.49. The second-order valence-electron chi connectivity index (χ2n) is 6.51. The van der Waals surface area contributed by atoms with Crippen LogP contribution in [-0.2, 0) is 11.2 Å². The van der Waals surface area contributed by atoms with Crippen LogP contribution in [0.5, 0.6) is 0 Å². The number of anilines is 1. The van der Waals surface area contributed by atoms with E-state index in [2.05, 4.69) is 10.5 Å². The summed E-state index contributed by atoms with van der Waals surface area (Å²) in [7, 11) is 0. The number of benzene rings is 2. The van der Waals surface area contributed by atoms with Crippen LogP contribution in [0.2, 0.25) is 0 Å². The van der Waals surface area contributed by atoms with Gasteiger partial charge in [-0.25, -0.2) is 4.98 Å². The largest absolute Gasteiger partial charge is 0.361 e. The van der Waals surface area contributed by atoms with Crippen molar-refractivity contribution in [1.29, 1.82) is 0 Å². The SMILES string of the molecule is Cc1noc(C)c1CC(=O)Nc1cccc(-c2csc(-c3ccccc3)n2)c1. The molecular formula is C22H19N3O2S. The molecular weight excluding hydrogens is 370 g/mol. The van der Waals surface area contributed by atoms with Crippen molar-refractivity contribution in [2.45, 2.75) is 20.3 Å². The molecule has 1 amide bonds. The van der Waals surface area contributed by atoms with Crippen molar-refractivity contribution in [3.05, 3.63) is 77.0 Å². The molecule has 0 atom stereocenters. The third-order valence-corrected chi connectivity index (χ3v) is 5.38. The minimum Gasteiger partial charge on any atom is -0.361 e. The second kappa shape index (κ2) is 7.78. The first-order chi connectivity index (χ1) is 13.6. The molecule has 2 aromatic heterocycles. The molecule has 1 N–H and O–H groups in total. The Bertz CT molecular complexity index is 1100. The first kappa shape index (κ1) is 18.1. The Hall–Kier alpha value is -3.25. The van der Waals surface area contributed by atoms with E-state index in [1.165, 1.54) is 0 Å². The number of aryl methyl sites for hydroxylation is 2. The number of rotatable bonds is 5. The Morgan fingerprint density at radius 2 is 1.86 bits per heavy atom. The smallest absolute Gasteiger partial charge is 0.228 e.